The van der Waals surface area contributed by atoms with E-state index in [1.165, 1.54) is 11.8 Å². The van der Waals surface area contributed by atoms with Crippen LogP contribution < -0.4 is 11.3 Å². The fourth-order valence-corrected chi connectivity index (χ4v) is 1.29. The number of morpholine rings is 1. The summed E-state index contributed by atoms with van der Waals surface area (Å²) in [5.74, 6) is 4.44. The molecule has 3 N–H and O–H groups in total. The average Bonchev–Trinajstić information content (AvgIpc) is 2.16. The highest BCUT2D eigenvalue weighted by molar-refractivity contribution is 5.86. The van der Waals surface area contributed by atoms with Crippen molar-refractivity contribution in [2.75, 3.05) is 19.8 Å². The molecule has 0 aromatic rings. The summed E-state index contributed by atoms with van der Waals surface area (Å²) in [5, 5.41) is 0. The fourth-order valence-electron chi connectivity index (χ4n) is 1.29. The van der Waals surface area contributed by atoms with E-state index in [4.69, 9.17) is 10.6 Å². The van der Waals surface area contributed by atoms with E-state index >= 15 is 0 Å². The fraction of sp³-hybridized carbons (Fsp3) is 0.714. The predicted molar refractivity (Wildman–Crippen MR) is 44.3 cm³/mol. The van der Waals surface area contributed by atoms with Crippen molar-refractivity contribution in [2.24, 2.45) is 5.84 Å². The molecule has 1 aliphatic heterocycles. The first-order valence-corrected chi connectivity index (χ1v) is 4.02. The third-order valence-corrected chi connectivity index (χ3v) is 1.98. The summed E-state index contributed by atoms with van der Waals surface area (Å²) in [6.45, 7) is 2.53. The average molecular weight is 187 g/mol. The van der Waals surface area contributed by atoms with E-state index in [9.17, 15) is 9.59 Å². The van der Waals surface area contributed by atoms with Crippen LogP contribution in [0.5, 0.6) is 0 Å². The van der Waals surface area contributed by atoms with Gasteiger partial charge in [0.1, 0.15) is 6.04 Å². The molecular weight excluding hydrogens is 174 g/mol. The minimum Gasteiger partial charge on any atom is -0.377 e. The molecule has 0 radical (unpaired) electrons. The Morgan fingerprint density at radius 3 is 2.85 bits per heavy atom. The van der Waals surface area contributed by atoms with Gasteiger partial charge in [0.25, 0.3) is 5.91 Å². The summed E-state index contributed by atoms with van der Waals surface area (Å²) in [6.07, 6.45) is 0. The molecule has 1 rings (SSSR count). The maximum Gasteiger partial charge on any atom is 0.259 e. The second-order valence-electron chi connectivity index (χ2n) is 2.81. The van der Waals surface area contributed by atoms with E-state index in [0.29, 0.717) is 13.2 Å². The molecule has 2 amide bonds. The number of carbonyl (C=O) groups is 2. The molecule has 6 heteroatoms. The third-order valence-electron chi connectivity index (χ3n) is 1.98. The number of rotatable bonds is 1. The second kappa shape index (κ2) is 4.20. The topological polar surface area (TPSA) is 84.7 Å². The van der Waals surface area contributed by atoms with E-state index in [1.54, 1.807) is 0 Å². The molecule has 1 aliphatic rings. The van der Waals surface area contributed by atoms with Gasteiger partial charge in [-0.2, -0.15) is 0 Å². The van der Waals surface area contributed by atoms with Crippen LogP contribution in [0.15, 0.2) is 0 Å². The summed E-state index contributed by atoms with van der Waals surface area (Å²) < 4.78 is 5.08. The Bertz CT molecular complexity index is 219. The smallest absolute Gasteiger partial charge is 0.259 e. The van der Waals surface area contributed by atoms with Crippen LogP contribution in [-0.4, -0.2) is 42.5 Å². The highest BCUT2D eigenvalue weighted by atomic mass is 16.5. The van der Waals surface area contributed by atoms with Gasteiger partial charge in [0.15, 0.2) is 0 Å². The minimum atomic E-state index is -0.587. The van der Waals surface area contributed by atoms with Crippen molar-refractivity contribution in [1.82, 2.24) is 10.3 Å². The van der Waals surface area contributed by atoms with Crippen LogP contribution in [0.1, 0.15) is 6.92 Å². The number of ether oxygens (including phenoxy) is 1. The maximum absolute atomic E-state index is 11.2. The molecule has 1 atom stereocenters. The first-order valence-electron chi connectivity index (χ1n) is 4.02. The van der Waals surface area contributed by atoms with Crippen molar-refractivity contribution in [3.8, 4) is 0 Å². The van der Waals surface area contributed by atoms with Crippen molar-refractivity contribution in [3.63, 3.8) is 0 Å². The SMILES string of the molecule is CC(=O)N1CCOCC1C(=O)NN. The number of nitrogens with one attached hydrogen (secondary N) is 1. The van der Waals surface area contributed by atoms with Crippen LogP contribution in [0.25, 0.3) is 0 Å². The predicted octanol–water partition coefficient (Wildman–Crippen LogP) is -1.78. The molecule has 1 fully saturated rings. The van der Waals surface area contributed by atoms with Crippen LogP contribution in [0.4, 0.5) is 0 Å². The number of hydrazine groups is 1. The maximum atomic E-state index is 11.2. The van der Waals surface area contributed by atoms with Crippen molar-refractivity contribution in [1.29, 1.82) is 0 Å². The molecule has 74 valence electrons. The lowest BCUT2D eigenvalue weighted by molar-refractivity contribution is -0.146. The van der Waals surface area contributed by atoms with Gasteiger partial charge in [0.05, 0.1) is 13.2 Å². The summed E-state index contributed by atoms with van der Waals surface area (Å²) >= 11 is 0. The van der Waals surface area contributed by atoms with Gasteiger partial charge in [-0.15, -0.1) is 0 Å². The van der Waals surface area contributed by atoms with Gasteiger partial charge in [0, 0.05) is 13.5 Å². The number of nitrogens with two attached hydrogens (primary N) is 1. The molecule has 0 saturated carbocycles. The van der Waals surface area contributed by atoms with Gasteiger partial charge in [-0.1, -0.05) is 0 Å². The largest absolute Gasteiger partial charge is 0.377 e. The first-order chi connectivity index (χ1) is 6.16. The lowest BCUT2D eigenvalue weighted by atomic mass is 10.2. The first kappa shape index (κ1) is 9.94. The molecule has 1 heterocycles. The highest BCUT2D eigenvalue weighted by Crippen LogP contribution is 2.06. The molecular formula is C7H13N3O3. The zero-order chi connectivity index (χ0) is 9.84. The number of hydrogen-bond acceptors (Lipinski definition) is 4. The van der Waals surface area contributed by atoms with Crippen molar-refractivity contribution >= 4 is 11.8 Å². The zero-order valence-corrected chi connectivity index (χ0v) is 7.45. The Hall–Kier alpha value is -1.14. The molecule has 0 spiro atoms. The Morgan fingerprint density at radius 2 is 2.31 bits per heavy atom. The van der Waals surface area contributed by atoms with E-state index < -0.39 is 11.9 Å². The number of nitrogens with zero attached hydrogens (tertiary/aromatic N) is 1. The summed E-state index contributed by atoms with van der Waals surface area (Å²) in [6, 6.07) is -0.587. The second-order valence-corrected chi connectivity index (χ2v) is 2.81. The molecule has 1 unspecified atom stereocenters. The minimum absolute atomic E-state index is 0.142. The zero-order valence-electron chi connectivity index (χ0n) is 7.45. The Morgan fingerprint density at radius 1 is 1.62 bits per heavy atom. The quantitative estimate of drug-likeness (QED) is 0.289. The van der Waals surface area contributed by atoms with Gasteiger partial charge in [-0.3, -0.25) is 15.0 Å². The number of hydrogen-bond donors (Lipinski definition) is 2. The number of carbonyl (C=O) groups excluding carboxylic acids is 2. The normalized spacial score (nSPS) is 22.6. The Balaban J connectivity index is 2.67. The molecule has 1 saturated heterocycles. The lowest BCUT2D eigenvalue weighted by Gasteiger charge is -2.33. The van der Waals surface area contributed by atoms with E-state index in [1.807, 2.05) is 5.43 Å². The van der Waals surface area contributed by atoms with Crippen molar-refractivity contribution in [3.05, 3.63) is 0 Å². The standard InChI is InChI=1S/C7H13N3O3/c1-5(11)10-2-3-13-4-6(10)7(12)9-8/h6H,2-4,8H2,1H3,(H,9,12). The highest BCUT2D eigenvalue weighted by Gasteiger charge is 2.30. The van der Waals surface area contributed by atoms with Crippen LogP contribution >= 0.6 is 0 Å². The summed E-state index contributed by atoms with van der Waals surface area (Å²) in [7, 11) is 0. The van der Waals surface area contributed by atoms with E-state index in [-0.39, 0.29) is 12.5 Å². The van der Waals surface area contributed by atoms with E-state index in [2.05, 4.69) is 0 Å². The van der Waals surface area contributed by atoms with Crippen LogP contribution in [0.3, 0.4) is 0 Å². The van der Waals surface area contributed by atoms with Gasteiger partial charge in [-0.05, 0) is 0 Å². The monoisotopic (exact) mass is 187 g/mol. The van der Waals surface area contributed by atoms with Gasteiger partial charge in [-0.25, -0.2) is 5.84 Å². The third kappa shape index (κ3) is 2.16. The van der Waals surface area contributed by atoms with E-state index in [0.717, 1.165) is 0 Å². The molecule has 0 aromatic carbocycles. The Kier molecular flexibility index (Phi) is 3.21. The Labute approximate surface area is 76.0 Å². The van der Waals surface area contributed by atoms with Gasteiger partial charge < -0.3 is 9.64 Å². The van der Waals surface area contributed by atoms with Gasteiger partial charge >= 0.3 is 0 Å². The van der Waals surface area contributed by atoms with Crippen LogP contribution in [-0.2, 0) is 14.3 Å². The van der Waals surface area contributed by atoms with Gasteiger partial charge in [0.2, 0.25) is 5.91 Å². The molecule has 0 aliphatic carbocycles. The molecule has 13 heavy (non-hydrogen) atoms. The molecule has 0 bridgehead atoms. The van der Waals surface area contributed by atoms with Crippen LogP contribution in [0, 0.1) is 0 Å². The van der Waals surface area contributed by atoms with Crippen LogP contribution in [0.2, 0.25) is 0 Å². The van der Waals surface area contributed by atoms with Crippen molar-refractivity contribution < 1.29 is 14.3 Å². The molecule has 0 aromatic heterocycles. The lowest BCUT2D eigenvalue weighted by Crippen LogP contribution is -2.56. The number of amides is 2. The summed E-state index contributed by atoms with van der Waals surface area (Å²) in [5.41, 5.74) is 2.01. The van der Waals surface area contributed by atoms with Crippen molar-refractivity contribution in [2.45, 2.75) is 13.0 Å². The molecule has 6 nitrogen and oxygen atoms in total. The summed E-state index contributed by atoms with van der Waals surface area (Å²) in [4.78, 5) is 23.7.